The van der Waals surface area contributed by atoms with Crippen molar-refractivity contribution in [1.29, 1.82) is 0 Å². The molecule has 19 heavy (non-hydrogen) atoms. The number of nitrogens with one attached hydrogen (secondary N) is 1. The van der Waals surface area contributed by atoms with Gasteiger partial charge in [0.1, 0.15) is 5.75 Å². The Bertz CT molecular complexity index is 504. The molecule has 1 atom stereocenters. The number of ether oxygens (including phenoxy) is 1. The Balaban J connectivity index is 2.12. The van der Waals surface area contributed by atoms with Crippen molar-refractivity contribution in [1.82, 2.24) is 9.80 Å². The van der Waals surface area contributed by atoms with Crippen LogP contribution in [0.5, 0.6) is 5.75 Å². The molecule has 1 unspecified atom stereocenters. The molecule has 1 aliphatic heterocycles. The molecule has 0 radical (unpaired) electrons. The van der Waals surface area contributed by atoms with Gasteiger partial charge >= 0.3 is 12.1 Å². The second-order valence-corrected chi connectivity index (χ2v) is 4.48. The molecular weight excluding hydrogens is 246 g/mol. The zero-order valence-electron chi connectivity index (χ0n) is 11.2. The lowest BCUT2D eigenvalue weighted by molar-refractivity contribution is 0.194. The molecule has 0 spiro atoms. The van der Waals surface area contributed by atoms with E-state index in [0.29, 0.717) is 18.0 Å². The zero-order valence-corrected chi connectivity index (χ0v) is 11.2. The number of likely N-dealkylation sites (N-methyl/N-ethyl adjacent to an activating group) is 1. The van der Waals surface area contributed by atoms with Crippen molar-refractivity contribution < 1.29 is 14.3 Å². The summed E-state index contributed by atoms with van der Waals surface area (Å²) in [6, 6.07) is 6.37. The maximum atomic E-state index is 12.1. The number of nitrogens with zero attached hydrogens (tertiary/aromatic N) is 2. The third kappa shape index (κ3) is 2.47. The van der Waals surface area contributed by atoms with E-state index in [2.05, 4.69) is 5.32 Å². The number of methoxy groups -OCH3 is 1. The molecule has 1 heterocycles. The van der Waals surface area contributed by atoms with Crippen molar-refractivity contribution >= 4 is 17.7 Å². The summed E-state index contributed by atoms with van der Waals surface area (Å²) < 4.78 is 5.15. The van der Waals surface area contributed by atoms with Crippen LogP contribution in [0.2, 0.25) is 0 Å². The number of urea groups is 2. The highest BCUT2D eigenvalue weighted by Crippen LogP contribution is 2.24. The average Bonchev–Trinajstić information content (AvgIpc) is 2.67. The highest BCUT2D eigenvalue weighted by atomic mass is 16.5. The van der Waals surface area contributed by atoms with E-state index in [1.54, 1.807) is 30.1 Å². The van der Waals surface area contributed by atoms with Crippen LogP contribution in [-0.2, 0) is 0 Å². The van der Waals surface area contributed by atoms with Crippen LogP contribution < -0.4 is 10.1 Å². The van der Waals surface area contributed by atoms with Crippen molar-refractivity contribution in [3.05, 3.63) is 24.3 Å². The lowest BCUT2D eigenvalue weighted by Crippen LogP contribution is -2.38. The first-order chi connectivity index (χ1) is 9.04. The first-order valence-electron chi connectivity index (χ1n) is 6.03. The van der Waals surface area contributed by atoms with Gasteiger partial charge in [0.2, 0.25) is 0 Å². The van der Waals surface area contributed by atoms with E-state index in [0.717, 1.165) is 0 Å². The standard InChI is InChI=1S/C13H17N3O3/c1-9-8-16(13(18)15(9)2)12(17)14-10-6-4-5-7-11(10)19-3/h4-7,9H,8H2,1-3H3,(H,14,17). The molecule has 0 saturated carbocycles. The van der Waals surface area contributed by atoms with Crippen LogP contribution in [0, 0.1) is 0 Å². The molecular formula is C13H17N3O3. The van der Waals surface area contributed by atoms with Gasteiger partial charge in [-0.1, -0.05) is 12.1 Å². The van der Waals surface area contributed by atoms with E-state index in [1.165, 1.54) is 12.0 Å². The Labute approximate surface area is 111 Å². The zero-order chi connectivity index (χ0) is 14.0. The van der Waals surface area contributed by atoms with Gasteiger partial charge in [-0.3, -0.25) is 0 Å². The Kier molecular flexibility index (Phi) is 3.59. The molecule has 6 heteroatoms. The molecule has 2 rings (SSSR count). The lowest BCUT2D eigenvalue weighted by atomic mass is 10.3. The third-order valence-corrected chi connectivity index (χ3v) is 3.23. The van der Waals surface area contributed by atoms with Crippen LogP contribution in [0.25, 0.3) is 0 Å². The van der Waals surface area contributed by atoms with Gasteiger partial charge in [-0.25, -0.2) is 14.5 Å². The highest BCUT2D eigenvalue weighted by Gasteiger charge is 2.36. The summed E-state index contributed by atoms with van der Waals surface area (Å²) >= 11 is 0. The molecule has 4 amide bonds. The number of amides is 4. The summed E-state index contributed by atoms with van der Waals surface area (Å²) in [6.07, 6.45) is 0. The molecule has 1 fully saturated rings. The van der Waals surface area contributed by atoms with Gasteiger partial charge in [0.05, 0.1) is 19.3 Å². The topological polar surface area (TPSA) is 61.9 Å². The molecule has 0 aliphatic carbocycles. The van der Waals surface area contributed by atoms with Gasteiger partial charge in [-0.2, -0.15) is 0 Å². The monoisotopic (exact) mass is 263 g/mol. The molecule has 1 aromatic carbocycles. The maximum absolute atomic E-state index is 12.1. The molecule has 102 valence electrons. The number of carbonyl (C=O) groups excluding carboxylic acids is 2. The lowest BCUT2D eigenvalue weighted by Gasteiger charge is -2.16. The summed E-state index contributed by atoms with van der Waals surface area (Å²) in [6.45, 7) is 2.28. The SMILES string of the molecule is COc1ccccc1NC(=O)N1CC(C)N(C)C1=O. The van der Waals surface area contributed by atoms with Gasteiger partial charge in [-0.05, 0) is 19.1 Å². The Morgan fingerprint density at radius 3 is 2.68 bits per heavy atom. The Morgan fingerprint density at radius 1 is 1.42 bits per heavy atom. The van der Waals surface area contributed by atoms with E-state index in [1.807, 2.05) is 13.0 Å². The molecule has 1 aliphatic rings. The van der Waals surface area contributed by atoms with E-state index in [9.17, 15) is 9.59 Å². The highest BCUT2D eigenvalue weighted by molar-refractivity contribution is 6.02. The second kappa shape index (κ2) is 5.17. The minimum Gasteiger partial charge on any atom is -0.495 e. The third-order valence-electron chi connectivity index (χ3n) is 3.23. The fourth-order valence-corrected chi connectivity index (χ4v) is 1.94. The molecule has 6 nitrogen and oxygen atoms in total. The van der Waals surface area contributed by atoms with Crippen LogP contribution in [0.1, 0.15) is 6.92 Å². The van der Waals surface area contributed by atoms with Crippen molar-refractivity contribution in [2.75, 3.05) is 26.0 Å². The summed E-state index contributed by atoms with van der Waals surface area (Å²) in [7, 11) is 3.21. The van der Waals surface area contributed by atoms with Crippen molar-refractivity contribution in [3.63, 3.8) is 0 Å². The van der Waals surface area contributed by atoms with Crippen molar-refractivity contribution in [2.24, 2.45) is 0 Å². The number of para-hydroxylation sites is 2. The predicted octanol–water partition coefficient (Wildman–Crippen LogP) is 1.98. The number of rotatable bonds is 2. The Hall–Kier alpha value is -2.24. The average molecular weight is 263 g/mol. The summed E-state index contributed by atoms with van der Waals surface area (Å²) in [4.78, 5) is 26.7. The van der Waals surface area contributed by atoms with Crippen LogP contribution >= 0.6 is 0 Å². The second-order valence-electron chi connectivity index (χ2n) is 4.48. The minimum absolute atomic E-state index is 0.0240. The number of hydrogen-bond acceptors (Lipinski definition) is 3. The molecule has 1 aromatic rings. The number of benzene rings is 1. The quantitative estimate of drug-likeness (QED) is 0.887. The van der Waals surface area contributed by atoms with Gasteiger partial charge in [0.15, 0.2) is 0 Å². The minimum atomic E-state index is -0.439. The molecule has 1 saturated heterocycles. The maximum Gasteiger partial charge on any atom is 0.330 e. The van der Waals surface area contributed by atoms with E-state index < -0.39 is 6.03 Å². The van der Waals surface area contributed by atoms with Gasteiger partial charge < -0.3 is 15.0 Å². The smallest absolute Gasteiger partial charge is 0.330 e. The summed E-state index contributed by atoms with van der Waals surface area (Å²) in [5.74, 6) is 0.559. The number of carbonyl (C=O) groups is 2. The molecule has 0 bridgehead atoms. The molecule has 1 N–H and O–H groups in total. The van der Waals surface area contributed by atoms with Gasteiger partial charge in [0, 0.05) is 13.1 Å². The van der Waals surface area contributed by atoms with Gasteiger partial charge in [-0.15, -0.1) is 0 Å². The summed E-state index contributed by atoms with van der Waals surface area (Å²) in [5.41, 5.74) is 0.546. The fourth-order valence-electron chi connectivity index (χ4n) is 1.94. The van der Waals surface area contributed by atoms with Crippen LogP contribution in [0.4, 0.5) is 15.3 Å². The first-order valence-corrected chi connectivity index (χ1v) is 6.03. The van der Waals surface area contributed by atoms with Crippen LogP contribution in [0.15, 0.2) is 24.3 Å². The number of hydrogen-bond donors (Lipinski definition) is 1. The van der Waals surface area contributed by atoms with Crippen molar-refractivity contribution in [2.45, 2.75) is 13.0 Å². The predicted molar refractivity (Wildman–Crippen MR) is 71.3 cm³/mol. The van der Waals surface area contributed by atoms with E-state index in [4.69, 9.17) is 4.74 Å². The Morgan fingerprint density at radius 2 is 2.11 bits per heavy atom. The van der Waals surface area contributed by atoms with Crippen LogP contribution in [-0.4, -0.2) is 48.6 Å². The van der Waals surface area contributed by atoms with Crippen molar-refractivity contribution in [3.8, 4) is 5.75 Å². The largest absolute Gasteiger partial charge is 0.495 e. The summed E-state index contributed by atoms with van der Waals surface area (Å²) in [5, 5.41) is 2.69. The normalized spacial score (nSPS) is 18.7. The van der Waals surface area contributed by atoms with Crippen LogP contribution in [0.3, 0.4) is 0 Å². The van der Waals surface area contributed by atoms with E-state index >= 15 is 0 Å². The fraction of sp³-hybridized carbons (Fsp3) is 0.385. The van der Waals surface area contributed by atoms with E-state index in [-0.39, 0.29) is 12.1 Å². The van der Waals surface area contributed by atoms with Gasteiger partial charge in [0.25, 0.3) is 0 Å². The first kappa shape index (κ1) is 13.2. The number of imide groups is 1. The molecule has 0 aromatic heterocycles. The number of anilines is 1.